The van der Waals surface area contributed by atoms with E-state index in [2.05, 4.69) is 10.0 Å². The zero-order chi connectivity index (χ0) is 17.8. The molecule has 0 unspecified atom stereocenters. The number of aliphatic carboxylic acids is 1. The maximum atomic E-state index is 13.6. The number of carbonyl (C=O) groups is 2. The number of anilines is 1. The van der Waals surface area contributed by atoms with Gasteiger partial charge in [-0.05, 0) is 24.1 Å². The lowest BCUT2D eigenvalue weighted by Gasteiger charge is -2.20. The molecular formula is C14H19FN2O5S. The molecule has 1 amide bonds. The van der Waals surface area contributed by atoms with Crippen molar-refractivity contribution in [2.24, 2.45) is 5.92 Å². The van der Waals surface area contributed by atoms with Crippen molar-refractivity contribution in [2.45, 2.75) is 38.1 Å². The number of carboxylic acid groups (broad SMARTS) is 1. The van der Waals surface area contributed by atoms with Crippen molar-refractivity contribution in [1.29, 1.82) is 0 Å². The number of rotatable bonds is 7. The van der Waals surface area contributed by atoms with Gasteiger partial charge in [0.1, 0.15) is 11.9 Å². The molecule has 0 radical (unpaired) electrons. The number of nitrogens with one attached hydrogen (secondary N) is 2. The summed E-state index contributed by atoms with van der Waals surface area (Å²) >= 11 is 0. The van der Waals surface area contributed by atoms with E-state index in [1.807, 2.05) is 0 Å². The third kappa shape index (κ3) is 5.00. The van der Waals surface area contributed by atoms with Crippen LogP contribution in [0.15, 0.2) is 23.1 Å². The van der Waals surface area contributed by atoms with E-state index in [0.717, 1.165) is 25.1 Å². The van der Waals surface area contributed by atoms with Gasteiger partial charge in [-0.25, -0.2) is 12.8 Å². The van der Waals surface area contributed by atoms with Crippen molar-refractivity contribution in [1.82, 2.24) is 4.72 Å². The summed E-state index contributed by atoms with van der Waals surface area (Å²) in [6.45, 7) is 4.50. The molecule has 0 saturated heterocycles. The molecule has 0 bridgehead atoms. The van der Waals surface area contributed by atoms with Gasteiger partial charge < -0.3 is 10.4 Å². The number of carbonyl (C=O) groups excluding carboxylic acids is 1. The van der Waals surface area contributed by atoms with Crippen LogP contribution in [0.25, 0.3) is 0 Å². The third-order valence-electron chi connectivity index (χ3n) is 3.32. The topological polar surface area (TPSA) is 113 Å². The Labute approximate surface area is 133 Å². The molecule has 1 rings (SSSR count). The SMILES string of the molecule is CC[C@H](C)[C@H](NS(=O)(=O)c1ccc(F)c(NC(C)=O)c1)C(=O)O. The highest BCUT2D eigenvalue weighted by Crippen LogP contribution is 2.21. The lowest BCUT2D eigenvalue weighted by atomic mass is 10.0. The molecule has 0 aliphatic heterocycles. The average molecular weight is 346 g/mol. The highest BCUT2D eigenvalue weighted by Gasteiger charge is 2.29. The van der Waals surface area contributed by atoms with E-state index in [1.165, 1.54) is 0 Å². The number of sulfonamides is 1. The van der Waals surface area contributed by atoms with Crippen LogP contribution in [0.2, 0.25) is 0 Å². The van der Waals surface area contributed by atoms with E-state index >= 15 is 0 Å². The first kappa shape index (κ1) is 19.0. The molecule has 128 valence electrons. The third-order valence-corrected chi connectivity index (χ3v) is 4.76. The Hall–Kier alpha value is -2.00. The second-order valence-electron chi connectivity index (χ2n) is 5.15. The summed E-state index contributed by atoms with van der Waals surface area (Å²) in [7, 11) is -4.18. The van der Waals surface area contributed by atoms with E-state index < -0.39 is 39.7 Å². The first-order chi connectivity index (χ1) is 10.6. The van der Waals surface area contributed by atoms with Crippen molar-refractivity contribution in [3.05, 3.63) is 24.0 Å². The average Bonchev–Trinajstić information content (AvgIpc) is 2.45. The van der Waals surface area contributed by atoms with Crippen LogP contribution in [0.3, 0.4) is 0 Å². The molecular weight excluding hydrogens is 327 g/mol. The maximum absolute atomic E-state index is 13.6. The Morgan fingerprint density at radius 1 is 1.35 bits per heavy atom. The molecule has 0 spiro atoms. The summed E-state index contributed by atoms with van der Waals surface area (Å²) in [5.41, 5.74) is -0.296. The minimum Gasteiger partial charge on any atom is -0.480 e. The summed E-state index contributed by atoms with van der Waals surface area (Å²) in [5.74, 6) is -3.09. The lowest BCUT2D eigenvalue weighted by Crippen LogP contribution is -2.44. The van der Waals surface area contributed by atoms with Gasteiger partial charge in [0.2, 0.25) is 15.9 Å². The van der Waals surface area contributed by atoms with Gasteiger partial charge in [-0.3, -0.25) is 9.59 Å². The van der Waals surface area contributed by atoms with Crippen LogP contribution < -0.4 is 10.0 Å². The second-order valence-corrected chi connectivity index (χ2v) is 6.86. The maximum Gasteiger partial charge on any atom is 0.322 e. The monoisotopic (exact) mass is 346 g/mol. The van der Waals surface area contributed by atoms with Crippen molar-refractivity contribution >= 4 is 27.6 Å². The lowest BCUT2D eigenvalue weighted by molar-refractivity contribution is -0.140. The molecule has 7 nitrogen and oxygen atoms in total. The van der Waals surface area contributed by atoms with Gasteiger partial charge in [-0.1, -0.05) is 20.3 Å². The first-order valence-corrected chi connectivity index (χ1v) is 8.39. The fourth-order valence-electron chi connectivity index (χ4n) is 1.84. The molecule has 0 aliphatic rings. The van der Waals surface area contributed by atoms with E-state index in [4.69, 9.17) is 5.11 Å². The summed E-state index contributed by atoms with van der Waals surface area (Å²) in [5, 5.41) is 11.3. The second kappa shape index (κ2) is 7.51. The Balaban J connectivity index is 3.17. The number of carboxylic acids is 1. The van der Waals surface area contributed by atoms with Gasteiger partial charge in [0.25, 0.3) is 0 Å². The van der Waals surface area contributed by atoms with Gasteiger partial charge in [0.05, 0.1) is 10.6 Å². The highest BCUT2D eigenvalue weighted by atomic mass is 32.2. The predicted molar refractivity (Wildman–Crippen MR) is 81.9 cm³/mol. The largest absolute Gasteiger partial charge is 0.480 e. The van der Waals surface area contributed by atoms with Crippen molar-refractivity contribution < 1.29 is 27.5 Å². The molecule has 1 aromatic rings. The van der Waals surface area contributed by atoms with Gasteiger partial charge in [0.15, 0.2) is 0 Å². The van der Waals surface area contributed by atoms with Crippen LogP contribution in [0.5, 0.6) is 0 Å². The number of hydrogen-bond acceptors (Lipinski definition) is 4. The Morgan fingerprint density at radius 3 is 2.43 bits per heavy atom. The molecule has 3 N–H and O–H groups in total. The molecule has 0 aromatic heterocycles. The van der Waals surface area contributed by atoms with E-state index in [1.54, 1.807) is 13.8 Å². The Bertz CT molecular complexity index is 705. The molecule has 9 heteroatoms. The molecule has 0 heterocycles. The minimum atomic E-state index is -4.18. The van der Waals surface area contributed by atoms with E-state index in [0.29, 0.717) is 6.42 Å². The van der Waals surface area contributed by atoms with E-state index in [-0.39, 0.29) is 10.6 Å². The smallest absolute Gasteiger partial charge is 0.322 e. The Morgan fingerprint density at radius 2 is 1.96 bits per heavy atom. The first-order valence-electron chi connectivity index (χ1n) is 6.90. The zero-order valence-corrected chi connectivity index (χ0v) is 13.8. The summed E-state index contributed by atoms with van der Waals surface area (Å²) < 4.78 is 40.3. The number of hydrogen-bond donors (Lipinski definition) is 3. The van der Waals surface area contributed by atoms with Gasteiger partial charge in [0, 0.05) is 6.92 Å². The summed E-state index contributed by atoms with van der Waals surface area (Å²) in [4.78, 5) is 21.9. The molecule has 0 fully saturated rings. The number of amides is 1. The highest BCUT2D eigenvalue weighted by molar-refractivity contribution is 7.89. The van der Waals surface area contributed by atoms with Crippen LogP contribution in [-0.2, 0) is 19.6 Å². The number of benzene rings is 1. The fourth-order valence-corrected chi connectivity index (χ4v) is 3.16. The van der Waals surface area contributed by atoms with Gasteiger partial charge in [-0.15, -0.1) is 0 Å². The molecule has 23 heavy (non-hydrogen) atoms. The van der Waals surface area contributed by atoms with Gasteiger partial charge in [-0.2, -0.15) is 4.72 Å². The van der Waals surface area contributed by atoms with Crippen molar-refractivity contribution in [3.63, 3.8) is 0 Å². The zero-order valence-electron chi connectivity index (χ0n) is 13.0. The molecule has 1 aromatic carbocycles. The summed E-state index contributed by atoms with van der Waals surface area (Å²) in [6, 6.07) is 1.52. The predicted octanol–water partition coefficient (Wildman–Crippen LogP) is 1.56. The van der Waals surface area contributed by atoms with Crippen molar-refractivity contribution in [2.75, 3.05) is 5.32 Å². The molecule has 2 atom stereocenters. The summed E-state index contributed by atoms with van der Waals surface area (Å²) in [6.07, 6.45) is 0.458. The van der Waals surface area contributed by atoms with Crippen LogP contribution in [0, 0.1) is 11.7 Å². The minimum absolute atomic E-state index is 0.296. The normalized spacial score (nSPS) is 14.1. The fraction of sp³-hybridized carbons (Fsp3) is 0.429. The Kier molecular flexibility index (Phi) is 6.22. The van der Waals surface area contributed by atoms with Crippen LogP contribution in [-0.4, -0.2) is 31.4 Å². The van der Waals surface area contributed by atoms with Gasteiger partial charge >= 0.3 is 5.97 Å². The van der Waals surface area contributed by atoms with Crippen LogP contribution >= 0.6 is 0 Å². The van der Waals surface area contributed by atoms with Crippen molar-refractivity contribution in [3.8, 4) is 0 Å². The molecule has 0 aliphatic carbocycles. The van der Waals surface area contributed by atoms with Crippen LogP contribution in [0.4, 0.5) is 10.1 Å². The van der Waals surface area contributed by atoms with Crippen LogP contribution in [0.1, 0.15) is 27.2 Å². The van der Waals surface area contributed by atoms with E-state index in [9.17, 15) is 22.4 Å². The number of halogens is 1. The standard InChI is InChI=1S/C14H19FN2O5S/c1-4-8(2)13(14(19)20)17-23(21,22)10-5-6-11(15)12(7-10)16-9(3)18/h5-8,13,17H,4H2,1-3H3,(H,16,18)(H,19,20)/t8-,13-/m0/s1. The quantitative estimate of drug-likeness (QED) is 0.693. The molecule has 0 saturated carbocycles.